The first-order chi connectivity index (χ1) is 12.8. The van der Waals surface area contributed by atoms with Crippen molar-refractivity contribution in [1.29, 1.82) is 0 Å². The average molecular weight is 390 g/mol. The number of nitro benzene ring substituents is 1. The second-order valence-electron chi connectivity index (χ2n) is 6.21. The standard InChI is InChI=1S/C18H16ClN3O5/c1-18(12-3-5-13(19)6-4-12)16(23)21(17(24)20-18)10-11-9-14(22(25)26)7-8-15(11)27-2/h3-9H,10H2,1-2H3,(H,20,24). The number of nitrogens with zero attached hydrogens (tertiary/aromatic N) is 2. The van der Waals surface area contributed by atoms with E-state index in [2.05, 4.69) is 5.32 Å². The van der Waals surface area contributed by atoms with Crippen molar-refractivity contribution in [1.82, 2.24) is 10.2 Å². The van der Waals surface area contributed by atoms with E-state index in [0.29, 0.717) is 21.9 Å². The molecule has 0 spiro atoms. The first-order valence-electron chi connectivity index (χ1n) is 7.97. The molecule has 0 bridgehead atoms. The summed E-state index contributed by atoms with van der Waals surface area (Å²) in [5, 5.41) is 14.2. The first kappa shape index (κ1) is 18.7. The monoisotopic (exact) mass is 389 g/mol. The van der Waals surface area contributed by atoms with Gasteiger partial charge in [0.25, 0.3) is 11.6 Å². The molecule has 3 rings (SSSR count). The lowest BCUT2D eigenvalue weighted by atomic mass is 9.92. The van der Waals surface area contributed by atoms with Crippen molar-refractivity contribution in [3.05, 3.63) is 68.7 Å². The third-order valence-electron chi connectivity index (χ3n) is 4.50. The Morgan fingerprint density at radius 2 is 1.89 bits per heavy atom. The molecule has 3 amide bonds. The lowest BCUT2D eigenvalue weighted by molar-refractivity contribution is -0.384. The number of hydrogen-bond donors (Lipinski definition) is 1. The van der Waals surface area contributed by atoms with E-state index in [-0.39, 0.29) is 12.2 Å². The van der Waals surface area contributed by atoms with Crippen molar-refractivity contribution in [3.63, 3.8) is 0 Å². The molecule has 2 aromatic carbocycles. The number of amides is 3. The number of non-ortho nitro benzene ring substituents is 1. The molecule has 1 N–H and O–H groups in total. The van der Waals surface area contributed by atoms with Gasteiger partial charge in [-0.05, 0) is 30.7 Å². The van der Waals surface area contributed by atoms with E-state index in [1.807, 2.05) is 0 Å². The summed E-state index contributed by atoms with van der Waals surface area (Å²) in [6, 6.07) is 10.0. The molecule has 2 aromatic rings. The van der Waals surface area contributed by atoms with Gasteiger partial charge in [0.05, 0.1) is 18.6 Å². The van der Waals surface area contributed by atoms with Gasteiger partial charge in [-0.15, -0.1) is 0 Å². The van der Waals surface area contributed by atoms with Crippen LogP contribution in [0.5, 0.6) is 5.75 Å². The number of rotatable bonds is 5. The van der Waals surface area contributed by atoms with Gasteiger partial charge in [-0.25, -0.2) is 4.79 Å². The quantitative estimate of drug-likeness (QED) is 0.480. The first-order valence-corrected chi connectivity index (χ1v) is 8.35. The van der Waals surface area contributed by atoms with Crippen LogP contribution in [0.4, 0.5) is 10.5 Å². The fourth-order valence-electron chi connectivity index (χ4n) is 2.99. The third kappa shape index (κ3) is 3.31. The molecule has 1 atom stereocenters. The number of halogens is 1. The van der Waals surface area contributed by atoms with E-state index >= 15 is 0 Å². The molecule has 1 unspecified atom stereocenters. The molecule has 1 heterocycles. The van der Waals surface area contributed by atoms with Crippen LogP contribution in [0.3, 0.4) is 0 Å². The number of nitrogens with one attached hydrogen (secondary N) is 1. The maximum Gasteiger partial charge on any atom is 0.325 e. The molecular weight excluding hydrogens is 374 g/mol. The smallest absolute Gasteiger partial charge is 0.325 e. The van der Waals surface area contributed by atoms with Gasteiger partial charge in [-0.1, -0.05) is 23.7 Å². The number of imide groups is 1. The van der Waals surface area contributed by atoms with Crippen molar-refractivity contribution in [2.75, 3.05) is 7.11 Å². The molecule has 1 saturated heterocycles. The van der Waals surface area contributed by atoms with Gasteiger partial charge in [-0.3, -0.25) is 19.8 Å². The van der Waals surface area contributed by atoms with Crippen LogP contribution in [0.25, 0.3) is 0 Å². The van der Waals surface area contributed by atoms with E-state index in [1.54, 1.807) is 31.2 Å². The van der Waals surface area contributed by atoms with Gasteiger partial charge in [0.15, 0.2) is 0 Å². The highest BCUT2D eigenvalue weighted by Crippen LogP contribution is 2.32. The Bertz CT molecular complexity index is 931. The maximum atomic E-state index is 13.0. The van der Waals surface area contributed by atoms with Crippen molar-refractivity contribution in [3.8, 4) is 5.75 Å². The summed E-state index contributed by atoms with van der Waals surface area (Å²) >= 11 is 5.89. The molecule has 1 fully saturated rings. The second-order valence-corrected chi connectivity index (χ2v) is 6.64. The number of carbonyl (C=O) groups excluding carboxylic acids is 2. The Kier molecular flexibility index (Phi) is 4.75. The molecule has 0 saturated carbocycles. The van der Waals surface area contributed by atoms with E-state index in [9.17, 15) is 19.7 Å². The summed E-state index contributed by atoms with van der Waals surface area (Å²) in [5.74, 6) is -0.121. The Balaban J connectivity index is 1.93. The predicted octanol–water partition coefficient (Wildman–Crippen LogP) is 3.22. The zero-order valence-corrected chi connectivity index (χ0v) is 15.3. The number of ether oxygens (including phenoxy) is 1. The Hall–Kier alpha value is -3.13. The summed E-state index contributed by atoms with van der Waals surface area (Å²) in [4.78, 5) is 36.9. The molecule has 1 aliphatic heterocycles. The number of nitro groups is 1. The predicted molar refractivity (Wildman–Crippen MR) is 97.5 cm³/mol. The summed E-state index contributed by atoms with van der Waals surface area (Å²) in [7, 11) is 1.41. The van der Waals surface area contributed by atoms with Gasteiger partial charge in [0.2, 0.25) is 0 Å². The van der Waals surface area contributed by atoms with Crippen LogP contribution in [0.2, 0.25) is 5.02 Å². The highest BCUT2D eigenvalue weighted by molar-refractivity contribution is 6.30. The van der Waals surface area contributed by atoms with Gasteiger partial charge >= 0.3 is 6.03 Å². The van der Waals surface area contributed by atoms with E-state index in [1.165, 1.54) is 25.3 Å². The van der Waals surface area contributed by atoms with Crippen LogP contribution in [-0.4, -0.2) is 28.9 Å². The number of carbonyl (C=O) groups is 2. The lowest BCUT2D eigenvalue weighted by Crippen LogP contribution is -2.40. The molecule has 1 aliphatic rings. The molecule has 27 heavy (non-hydrogen) atoms. The normalized spacial score (nSPS) is 19.1. The molecule has 140 valence electrons. The molecular formula is C18H16ClN3O5. The Labute approximate surface area is 159 Å². The van der Waals surface area contributed by atoms with Crippen LogP contribution in [-0.2, 0) is 16.9 Å². The fourth-order valence-corrected chi connectivity index (χ4v) is 3.12. The van der Waals surface area contributed by atoms with Crippen LogP contribution >= 0.6 is 11.6 Å². The topological polar surface area (TPSA) is 102 Å². The summed E-state index contributed by atoms with van der Waals surface area (Å²) in [5.41, 5.74) is -0.470. The van der Waals surface area contributed by atoms with E-state index < -0.39 is 22.4 Å². The molecule has 0 aliphatic carbocycles. The number of urea groups is 1. The third-order valence-corrected chi connectivity index (χ3v) is 4.75. The van der Waals surface area contributed by atoms with E-state index in [0.717, 1.165) is 4.90 Å². The van der Waals surface area contributed by atoms with Gasteiger partial charge in [-0.2, -0.15) is 0 Å². The van der Waals surface area contributed by atoms with Gasteiger partial charge in [0, 0.05) is 22.7 Å². The zero-order chi connectivity index (χ0) is 19.8. The molecule has 8 nitrogen and oxygen atoms in total. The van der Waals surface area contributed by atoms with Crippen molar-refractivity contribution in [2.24, 2.45) is 0 Å². The fraction of sp³-hybridized carbons (Fsp3) is 0.222. The van der Waals surface area contributed by atoms with Gasteiger partial charge < -0.3 is 10.1 Å². The molecule has 9 heteroatoms. The minimum absolute atomic E-state index is 0.154. The van der Waals surface area contributed by atoms with Gasteiger partial charge in [0.1, 0.15) is 11.3 Å². The summed E-state index contributed by atoms with van der Waals surface area (Å²) in [6.45, 7) is 1.44. The SMILES string of the molecule is COc1ccc([N+](=O)[O-])cc1CN1C(=O)NC(C)(c2ccc(Cl)cc2)C1=O. The summed E-state index contributed by atoms with van der Waals surface area (Å²) < 4.78 is 5.20. The Morgan fingerprint density at radius 3 is 2.48 bits per heavy atom. The van der Waals surface area contributed by atoms with E-state index in [4.69, 9.17) is 16.3 Å². The summed E-state index contributed by atoms with van der Waals surface area (Å²) in [6.07, 6.45) is 0. The molecule has 0 aromatic heterocycles. The highest BCUT2D eigenvalue weighted by atomic mass is 35.5. The van der Waals surface area contributed by atoms with Crippen molar-refractivity contribution < 1.29 is 19.2 Å². The number of benzene rings is 2. The minimum Gasteiger partial charge on any atom is -0.496 e. The molecule has 0 radical (unpaired) electrons. The maximum absolute atomic E-state index is 13.0. The lowest BCUT2D eigenvalue weighted by Gasteiger charge is -2.22. The van der Waals surface area contributed by atoms with Crippen LogP contribution < -0.4 is 10.1 Å². The van der Waals surface area contributed by atoms with Crippen LogP contribution in [0.15, 0.2) is 42.5 Å². The number of methoxy groups -OCH3 is 1. The minimum atomic E-state index is -1.25. The Morgan fingerprint density at radius 1 is 1.22 bits per heavy atom. The van der Waals surface area contributed by atoms with Crippen molar-refractivity contribution >= 4 is 29.2 Å². The average Bonchev–Trinajstić information content (AvgIpc) is 2.86. The van der Waals surface area contributed by atoms with Crippen molar-refractivity contribution in [2.45, 2.75) is 19.0 Å². The number of hydrogen-bond acceptors (Lipinski definition) is 5. The highest BCUT2D eigenvalue weighted by Gasteiger charge is 2.49. The second kappa shape index (κ2) is 6.88. The zero-order valence-electron chi connectivity index (χ0n) is 14.6. The van der Waals surface area contributed by atoms with Crippen LogP contribution in [0, 0.1) is 10.1 Å². The largest absolute Gasteiger partial charge is 0.496 e. The van der Waals surface area contributed by atoms with Crippen LogP contribution in [0.1, 0.15) is 18.1 Å².